The Morgan fingerprint density at radius 1 is 1.38 bits per heavy atom. The lowest BCUT2D eigenvalue weighted by molar-refractivity contribution is -0.386. The maximum Gasteiger partial charge on any atom is 0.321 e. The molecule has 1 aromatic rings. The lowest BCUT2D eigenvalue weighted by Crippen LogP contribution is -2.41. The predicted molar refractivity (Wildman–Crippen MR) is 74.8 cm³/mol. The number of rotatable bonds is 6. The number of carbonyl (C=O) groups is 2. The number of amides is 3. The molecule has 0 aliphatic rings. The van der Waals surface area contributed by atoms with Gasteiger partial charge in [-0.2, -0.15) is 5.10 Å². The topological polar surface area (TPSA) is 119 Å². The smallest absolute Gasteiger partial charge is 0.321 e. The first-order valence-electron chi connectivity index (χ1n) is 6.62. The van der Waals surface area contributed by atoms with Crippen LogP contribution in [0.3, 0.4) is 0 Å². The summed E-state index contributed by atoms with van der Waals surface area (Å²) < 4.78 is 1.21. The molecule has 0 saturated heterocycles. The molecule has 116 valence electrons. The first-order chi connectivity index (χ1) is 9.86. The third-order valence-corrected chi connectivity index (χ3v) is 2.89. The summed E-state index contributed by atoms with van der Waals surface area (Å²) in [5.74, 6) is -0.579. The summed E-state index contributed by atoms with van der Waals surface area (Å²) in [7, 11) is 0. The standard InChI is InChI=1S/C12H19N5O4/c1-4-5-6-13-12(19)14-10(18)7-16-9(3)11(17(20)21)8(2)15-16/h4-7H2,1-3H3,(H2,13,14,18,19). The first-order valence-corrected chi connectivity index (χ1v) is 6.62. The molecule has 3 amide bonds. The average Bonchev–Trinajstić information content (AvgIpc) is 2.64. The molecule has 0 spiro atoms. The lowest BCUT2D eigenvalue weighted by Gasteiger charge is -2.06. The van der Waals surface area contributed by atoms with E-state index in [0.717, 1.165) is 12.8 Å². The molecular formula is C12H19N5O4. The van der Waals surface area contributed by atoms with E-state index in [2.05, 4.69) is 15.7 Å². The van der Waals surface area contributed by atoms with Crippen molar-refractivity contribution in [2.24, 2.45) is 0 Å². The van der Waals surface area contributed by atoms with Gasteiger partial charge < -0.3 is 5.32 Å². The highest BCUT2D eigenvalue weighted by Gasteiger charge is 2.23. The van der Waals surface area contributed by atoms with E-state index < -0.39 is 16.9 Å². The normalized spacial score (nSPS) is 10.2. The molecule has 0 saturated carbocycles. The number of aryl methyl sites for hydroxylation is 1. The number of hydrogen-bond donors (Lipinski definition) is 2. The van der Waals surface area contributed by atoms with Crippen LogP contribution in [0.5, 0.6) is 0 Å². The number of nitrogens with zero attached hydrogens (tertiary/aromatic N) is 3. The summed E-state index contributed by atoms with van der Waals surface area (Å²) in [6.07, 6.45) is 1.76. The summed E-state index contributed by atoms with van der Waals surface area (Å²) in [4.78, 5) is 33.4. The van der Waals surface area contributed by atoms with Crippen molar-refractivity contribution in [2.45, 2.75) is 40.2 Å². The Kier molecular flexibility index (Phi) is 5.82. The van der Waals surface area contributed by atoms with Gasteiger partial charge in [0.2, 0.25) is 5.91 Å². The highest BCUT2D eigenvalue weighted by atomic mass is 16.6. The molecule has 9 nitrogen and oxygen atoms in total. The van der Waals surface area contributed by atoms with Crippen molar-refractivity contribution in [1.82, 2.24) is 20.4 Å². The van der Waals surface area contributed by atoms with Crippen molar-refractivity contribution < 1.29 is 14.5 Å². The van der Waals surface area contributed by atoms with Crippen LogP contribution in [0, 0.1) is 24.0 Å². The number of hydrogen-bond acceptors (Lipinski definition) is 5. The van der Waals surface area contributed by atoms with Gasteiger partial charge in [-0.1, -0.05) is 13.3 Å². The SMILES string of the molecule is CCCCNC(=O)NC(=O)Cn1nc(C)c([N+](=O)[O-])c1C. The molecule has 1 aromatic heterocycles. The van der Waals surface area contributed by atoms with Gasteiger partial charge in [0.1, 0.15) is 17.9 Å². The minimum absolute atomic E-state index is 0.116. The fourth-order valence-electron chi connectivity index (χ4n) is 1.83. The van der Waals surface area contributed by atoms with Gasteiger partial charge in [0, 0.05) is 6.54 Å². The van der Waals surface area contributed by atoms with Gasteiger partial charge in [0.05, 0.1) is 4.92 Å². The molecule has 2 N–H and O–H groups in total. The molecule has 21 heavy (non-hydrogen) atoms. The highest BCUT2D eigenvalue weighted by molar-refractivity contribution is 5.94. The van der Waals surface area contributed by atoms with Crippen LogP contribution in [-0.2, 0) is 11.3 Å². The molecule has 0 aliphatic heterocycles. The molecule has 0 unspecified atom stereocenters. The van der Waals surface area contributed by atoms with E-state index in [9.17, 15) is 19.7 Å². The van der Waals surface area contributed by atoms with Gasteiger partial charge >= 0.3 is 11.7 Å². The minimum Gasteiger partial charge on any atom is -0.338 e. The Morgan fingerprint density at radius 2 is 2.05 bits per heavy atom. The molecule has 1 rings (SSSR count). The third-order valence-electron chi connectivity index (χ3n) is 2.89. The minimum atomic E-state index is -0.579. The van der Waals surface area contributed by atoms with Crippen LogP contribution >= 0.6 is 0 Å². The van der Waals surface area contributed by atoms with E-state index in [1.54, 1.807) is 0 Å². The van der Waals surface area contributed by atoms with E-state index >= 15 is 0 Å². The van der Waals surface area contributed by atoms with Crippen molar-refractivity contribution >= 4 is 17.6 Å². The van der Waals surface area contributed by atoms with Crippen LogP contribution in [0.2, 0.25) is 0 Å². The lowest BCUT2D eigenvalue weighted by atomic mass is 10.3. The first kappa shape index (κ1) is 16.6. The summed E-state index contributed by atoms with van der Waals surface area (Å²) in [5.41, 5.74) is 0.395. The second-order valence-electron chi connectivity index (χ2n) is 4.59. The maximum absolute atomic E-state index is 11.7. The summed E-state index contributed by atoms with van der Waals surface area (Å²) >= 11 is 0. The molecule has 0 radical (unpaired) electrons. The van der Waals surface area contributed by atoms with Crippen molar-refractivity contribution in [1.29, 1.82) is 0 Å². The number of unbranched alkanes of at least 4 members (excludes halogenated alkanes) is 1. The Balaban J connectivity index is 2.61. The molecule has 0 fully saturated rings. The van der Waals surface area contributed by atoms with Gasteiger partial charge in [0.15, 0.2) is 0 Å². The Bertz CT molecular complexity index is 552. The van der Waals surface area contributed by atoms with E-state index in [0.29, 0.717) is 6.54 Å². The number of carbonyl (C=O) groups excluding carboxylic acids is 2. The zero-order valence-electron chi connectivity index (χ0n) is 12.3. The van der Waals surface area contributed by atoms with Crippen LogP contribution in [-0.4, -0.2) is 33.2 Å². The number of imide groups is 1. The van der Waals surface area contributed by atoms with E-state index in [4.69, 9.17) is 0 Å². The van der Waals surface area contributed by atoms with Gasteiger partial charge in [-0.15, -0.1) is 0 Å². The van der Waals surface area contributed by atoms with Crippen molar-refractivity contribution in [3.63, 3.8) is 0 Å². The predicted octanol–water partition coefficient (Wildman–Crippen LogP) is 1.03. The van der Waals surface area contributed by atoms with Crippen molar-refractivity contribution in [3.05, 3.63) is 21.5 Å². The monoisotopic (exact) mass is 297 g/mol. The van der Waals surface area contributed by atoms with Gasteiger partial charge in [-0.3, -0.25) is 24.9 Å². The Hall–Kier alpha value is -2.45. The third kappa shape index (κ3) is 4.55. The number of aromatic nitrogens is 2. The van der Waals surface area contributed by atoms with Crippen LogP contribution in [0.25, 0.3) is 0 Å². The number of nitro groups is 1. The van der Waals surface area contributed by atoms with E-state index in [1.807, 2.05) is 6.92 Å². The molecule has 0 atom stereocenters. The molecule has 9 heteroatoms. The molecule has 0 aromatic carbocycles. The van der Waals surface area contributed by atoms with Crippen LogP contribution in [0.1, 0.15) is 31.2 Å². The van der Waals surface area contributed by atoms with Gasteiger partial charge in [0.25, 0.3) is 0 Å². The quantitative estimate of drug-likeness (QED) is 0.462. The average molecular weight is 297 g/mol. The molecule has 1 heterocycles. The largest absolute Gasteiger partial charge is 0.338 e. The van der Waals surface area contributed by atoms with Crippen LogP contribution < -0.4 is 10.6 Å². The highest BCUT2D eigenvalue weighted by Crippen LogP contribution is 2.21. The number of nitrogens with one attached hydrogen (secondary N) is 2. The van der Waals surface area contributed by atoms with Gasteiger partial charge in [-0.05, 0) is 20.3 Å². The molecule has 0 bridgehead atoms. The Labute approximate surface area is 121 Å². The second kappa shape index (κ2) is 7.36. The number of urea groups is 1. The van der Waals surface area contributed by atoms with Crippen LogP contribution in [0.15, 0.2) is 0 Å². The zero-order valence-corrected chi connectivity index (χ0v) is 12.3. The summed E-state index contributed by atoms with van der Waals surface area (Å²) in [5, 5.41) is 19.5. The van der Waals surface area contributed by atoms with Crippen molar-refractivity contribution in [3.8, 4) is 0 Å². The second-order valence-corrected chi connectivity index (χ2v) is 4.59. The zero-order chi connectivity index (χ0) is 16.0. The van der Waals surface area contributed by atoms with E-state index in [1.165, 1.54) is 18.5 Å². The summed E-state index contributed by atoms with van der Waals surface area (Å²) in [6.45, 7) is 5.23. The van der Waals surface area contributed by atoms with Crippen LogP contribution in [0.4, 0.5) is 10.5 Å². The molecule has 0 aliphatic carbocycles. The van der Waals surface area contributed by atoms with Crippen molar-refractivity contribution in [2.75, 3.05) is 6.54 Å². The summed E-state index contributed by atoms with van der Waals surface area (Å²) in [6, 6.07) is -0.579. The van der Waals surface area contributed by atoms with E-state index in [-0.39, 0.29) is 23.6 Å². The van der Waals surface area contributed by atoms with Gasteiger partial charge in [-0.25, -0.2) is 4.79 Å². The fourth-order valence-corrected chi connectivity index (χ4v) is 1.83. The fraction of sp³-hybridized carbons (Fsp3) is 0.583. The Morgan fingerprint density at radius 3 is 2.57 bits per heavy atom. The molecular weight excluding hydrogens is 278 g/mol. The maximum atomic E-state index is 11.7.